The molecule has 0 spiro atoms. The van der Waals surface area contributed by atoms with Crippen LogP contribution in [-0.2, 0) is 4.79 Å². The van der Waals surface area contributed by atoms with Crippen LogP contribution in [0.1, 0.15) is 48.1 Å². The van der Waals surface area contributed by atoms with E-state index in [2.05, 4.69) is 51.3 Å². The molecule has 1 saturated heterocycles. The van der Waals surface area contributed by atoms with Crippen molar-refractivity contribution in [3.05, 3.63) is 47.1 Å². The number of amides is 2. The number of piperazine rings is 1. The molecule has 0 saturated carbocycles. The molecule has 3 aromatic rings. The number of anilines is 1. The highest BCUT2D eigenvalue weighted by Crippen LogP contribution is 2.26. The van der Waals surface area contributed by atoms with Gasteiger partial charge in [-0.1, -0.05) is 43.4 Å². The number of para-hydroxylation sites is 1. The Labute approximate surface area is 198 Å². The van der Waals surface area contributed by atoms with E-state index in [9.17, 15) is 9.59 Å². The van der Waals surface area contributed by atoms with Gasteiger partial charge < -0.3 is 25.4 Å². The summed E-state index contributed by atoms with van der Waals surface area (Å²) >= 11 is 1.39. The van der Waals surface area contributed by atoms with E-state index in [1.54, 1.807) is 6.20 Å². The lowest BCUT2D eigenvalue weighted by Crippen LogP contribution is -2.44. The monoisotopic (exact) mass is 468 g/mol. The Bertz CT molecular complexity index is 1100. The Hall–Kier alpha value is -2.91. The number of aromatic nitrogens is 2. The predicted molar refractivity (Wildman–Crippen MR) is 133 cm³/mol. The van der Waals surface area contributed by atoms with Gasteiger partial charge in [-0.15, -0.1) is 0 Å². The molecule has 1 aliphatic heterocycles. The van der Waals surface area contributed by atoms with Crippen molar-refractivity contribution in [2.45, 2.75) is 32.9 Å². The van der Waals surface area contributed by atoms with Crippen molar-refractivity contribution in [1.29, 1.82) is 0 Å². The maximum atomic E-state index is 13.2. The molecule has 2 amide bonds. The number of carbonyl (C=O) groups is 2. The van der Waals surface area contributed by atoms with Crippen molar-refractivity contribution >= 4 is 39.2 Å². The molecule has 1 atom stereocenters. The van der Waals surface area contributed by atoms with E-state index in [0.29, 0.717) is 17.2 Å². The molecular weight excluding hydrogens is 436 g/mol. The minimum Gasteiger partial charge on any atom is -0.361 e. The van der Waals surface area contributed by atoms with Crippen molar-refractivity contribution < 1.29 is 9.59 Å². The van der Waals surface area contributed by atoms with Crippen molar-refractivity contribution in [1.82, 2.24) is 25.5 Å². The zero-order valence-electron chi connectivity index (χ0n) is 19.4. The molecule has 9 heteroatoms. The lowest BCUT2D eigenvalue weighted by Gasteiger charge is -2.32. The Morgan fingerprint density at radius 2 is 1.91 bits per heavy atom. The molecule has 33 heavy (non-hydrogen) atoms. The molecule has 8 nitrogen and oxygen atoms in total. The highest BCUT2D eigenvalue weighted by Gasteiger charge is 2.24. The number of hydrogen-bond donors (Lipinski definition) is 3. The largest absolute Gasteiger partial charge is 0.361 e. The number of thiazole rings is 1. The highest BCUT2D eigenvalue weighted by molar-refractivity contribution is 7.17. The van der Waals surface area contributed by atoms with Crippen molar-refractivity contribution in [3.8, 4) is 0 Å². The topological polar surface area (TPSA) is 93.4 Å². The normalized spacial score (nSPS) is 15.7. The van der Waals surface area contributed by atoms with Crippen LogP contribution in [0.25, 0.3) is 10.9 Å². The average Bonchev–Trinajstić information content (AvgIpc) is 3.45. The van der Waals surface area contributed by atoms with Crippen LogP contribution in [0.4, 0.5) is 5.13 Å². The summed E-state index contributed by atoms with van der Waals surface area (Å²) in [4.78, 5) is 38.6. The molecule has 0 radical (unpaired) electrons. The SMILES string of the molecule is CC(C)CCC(=O)NC(NC(=O)c1cnc(N2CCN(C)CC2)s1)c1c[nH]c2ccccc12. The first-order valence-corrected chi connectivity index (χ1v) is 12.3. The fourth-order valence-corrected chi connectivity index (χ4v) is 4.76. The van der Waals surface area contributed by atoms with E-state index in [1.807, 2.05) is 30.5 Å². The summed E-state index contributed by atoms with van der Waals surface area (Å²) in [5.74, 6) is 0.107. The van der Waals surface area contributed by atoms with Crippen LogP contribution < -0.4 is 15.5 Å². The van der Waals surface area contributed by atoms with Crippen LogP contribution in [-0.4, -0.2) is 59.9 Å². The van der Waals surface area contributed by atoms with E-state index < -0.39 is 6.17 Å². The second-order valence-electron chi connectivity index (χ2n) is 8.99. The van der Waals surface area contributed by atoms with Crippen LogP contribution in [0.2, 0.25) is 0 Å². The number of fused-ring (bicyclic) bond motifs is 1. The first-order valence-electron chi connectivity index (χ1n) is 11.5. The van der Waals surface area contributed by atoms with E-state index >= 15 is 0 Å². The third-order valence-corrected chi connectivity index (χ3v) is 7.01. The van der Waals surface area contributed by atoms with E-state index in [-0.39, 0.29) is 11.8 Å². The number of H-pyrrole nitrogens is 1. The molecule has 0 aliphatic carbocycles. The van der Waals surface area contributed by atoms with Gasteiger partial charge in [0, 0.05) is 55.3 Å². The standard InChI is InChI=1S/C24H32N6O2S/c1-16(2)8-9-21(31)27-22(18-14-25-19-7-5-4-6-17(18)19)28-23(32)20-15-26-24(33-20)30-12-10-29(3)11-13-30/h4-7,14-16,22,25H,8-13H2,1-3H3,(H,27,31)(H,28,32). The number of hydrogen-bond acceptors (Lipinski definition) is 6. The second kappa shape index (κ2) is 10.4. The third-order valence-electron chi connectivity index (χ3n) is 5.95. The molecule has 1 aromatic carbocycles. The van der Waals surface area contributed by atoms with Crippen molar-refractivity contribution in [3.63, 3.8) is 0 Å². The van der Waals surface area contributed by atoms with Crippen LogP contribution in [0.5, 0.6) is 0 Å². The lowest BCUT2D eigenvalue weighted by atomic mass is 10.1. The number of nitrogens with one attached hydrogen (secondary N) is 3. The van der Waals surface area contributed by atoms with E-state index in [0.717, 1.165) is 54.2 Å². The van der Waals surface area contributed by atoms with Gasteiger partial charge >= 0.3 is 0 Å². The van der Waals surface area contributed by atoms with Gasteiger partial charge in [0.05, 0.1) is 6.20 Å². The predicted octanol–water partition coefficient (Wildman–Crippen LogP) is 3.36. The maximum absolute atomic E-state index is 13.2. The van der Waals surface area contributed by atoms with Crippen LogP contribution in [0.3, 0.4) is 0 Å². The number of aromatic amines is 1. The molecule has 1 aliphatic rings. The Morgan fingerprint density at radius 1 is 1.15 bits per heavy atom. The first-order chi connectivity index (χ1) is 15.9. The quantitative estimate of drug-likeness (QED) is 0.441. The number of likely N-dealkylation sites (N-methyl/N-ethyl adjacent to an activating group) is 1. The van der Waals surface area contributed by atoms with Crippen LogP contribution >= 0.6 is 11.3 Å². The summed E-state index contributed by atoms with van der Waals surface area (Å²) < 4.78 is 0. The van der Waals surface area contributed by atoms with E-state index in [4.69, 9.17) is 0 Å². The van der Waals surface area contributed by atoms with Gasteiger partial charge in [-0.2, -0.15) is 0 Å². The van der Waals surface area contributed by atoms with Gasteiger partial charge in [0.1, 0.15) is 11.0 Å². The van der Waals surface area contributed by atoms with Crippen molar-refractivity contribution in [2.24, 2.45) is 5.92 Å². The van der Waals surface area contributed by atoms with Gasteiger partial charge in [0.15, 0.2) is 5.13 Å². The van der Waals surface area contributed by atoms with E-state index in [1.165, 1.54) is 11.3 Å². The molecule has 176 valence electrons. The smallest absolute Gasteiger partial charge is 0.264 e. The zero-order valence-corrected chi connectivity index (χ0v) is 20.2. The van der Waals surface area contributed by atoms with Gasteiger partial charge in [-0.25, -0.2) is 4.98 Å². The first kappa shape index (κ1) is 23.3. The molecule has 4 rings (SSSR count). The average molecular weight is 469 g/mol. The number of nitrogens with zero attached hydrogens (tertiary/aromatic N) is 3. The third kappa shape index (κ3) is 5.72. The van der Waals surface area contributed by atoms with Gasteiger partial charge in [-0.05, 0) is 25.5 Å². The Morgan fingerprint density at radius 3 is 2.67 bits per heavy atom. The summed E-state index contributed by atoms with van der Waals surface area (Å²) in [5, 5.41) is 7.87. The molecule has 1 unspecified atom stereocenters. The number of rotatable bonds is 8. The molecule has 0 bridgehead atoms. The summed E-state index contributed by atoms with van der Waals surface area (Å²) in [6.07, 6.45) is 4.05. The van der Waals surface area contributed by atoms with Gasteiger partial charge in [-0.3, -0.25) is 9.59 Å². The number of carbonyl (C=O) groups excluding carboxylic acids is 2. The highest BCUT2D eigenvalue weighted by atomic mass is 32.1. The minimum absolute atomic E-state index is 0.0817. The van der Waals surface area contributed by atoms with Crippen LogP contribution in [0, 0.1) is 5.92 Å². The van der Waals surface area contributed by atoms with Crippen molar-refractivity contribution in [2.75, 3.05) is 38.1 Å². The molecule has 1 fully saturated rings. The van der Waals surface area contributed by atoms with Gasteiger partial charge in [0.25, 0.3) is 5.91 Å². The molecule has 2 aromatic heterocycles. The maximum Gasteiger partial charge on any atom is 0.264 e. The molecule has 3 heterocycles. The van der Waals surface area contributed by atoms with Gasteiger partial charge in [0.2, 0.25) is 5.91 Å². The summed E-state index contributed by atoms with van der Waals surface area (Å²) in [7, 11) is 2.11. The summed E-state index contributed by atoms with van der Waals surface area (Å²) in [6, 6.07) is 7.86. The fourth-order valence-electron chi connectivity index (χ4n) is 3.89. The fraction of sp³-hybridized carbons (Fsp3) is 0.458. The molecule has 3 N–H and O–H groups in total. The zero-order chi connectivity index (χ0) is 23.4. The lowest BCUT2D eigenvalue weighted by molar-refractivity contribution is -0.122. The minimum atomic E-state index is -0.637. The molecular formula is C24H32N6O2S. The summed E-state index contributed by atoms with van der Waals surface area (Å²) in [5.41, 5.74) is 1.79. The number of benzene rings is 1. The Kier molecular flexibility index (Phi) is 7.29. The van der Waals surface area contributed by atoms with Crippen LogP contribution in [0.15, 0.2) is 36.7 Å². The Balaban J connectivity index is 1.51. The second-order valence-corrected chi connectivity index (χ2v) is 10.0. The summed E-state index contributed by atoms with van der Waals surface area (Å²) in [6.45, 7) is 7.93.